The summed E-state index contributed by atoms with van der Waals surface area (Å²) in [6.45, 7) is 3.90. The van der Waals surface area contributed by atoms with Gasteiger partial charge in [-0.05, 0) is 23.8 Å². The van der Waals surface area contributed by atoms with Gasteiger partial charge in [0.05, 0.1) is 0 Å². The molecule has 8 heteroatoms. The maximum absolute atomic E-state index is 11.1. The van der Waals surface area contributed by atoms with E-state index in [0.717, 1.165) is 38.0 Å². The van der Waals surface area contributed by atoms with Gasteiger partial charge >= 0.3 is 5.82 Å². The van der Waals surface area contributed by atoms with E-state index in [9.17, 15) is 10.1 Å². The molecular weight excluding hydrogens is 308 g/mol. The highest BCUT2D eigenvalue weighted by molar-refractivity contribution is 5.49. The minimum Gasteiger partial charge on any atom is -0.358 e. The molecule has 1 saturated heterocycles. The van der Waals surface area contributed by atoms with Crippen molar-refractivity contribution in [2.45, 2.75) is 38.1 Å². The highest BCUT2D eigenvalue weighted by Crippen LogP contribution is 2.25. The SMILES string of the molecule is O=[N+]([O-])c1cnc2ccc(N3CCN(C4CCCCC4)CC3)nn12. The standard InChI is InChI=1S/C16H22N6O2/c23-22(24)16-12-17-14-6-7-15(18-21(14)16)20-10-8-19(9-11-20)13-4-2-1-3-5-13/h6-7,12-13H,1-5,8-11H2. The maximum atomic E-state index is 11.1. The van der Waals surface area contributed by atoms with Crippen molar-refractivity contribution in [2.75, 3.05) is 31.1 Å². The van der Waals surface area contributed by atoms with Crippen LogP contribution in [0.2, 0.25) is 0 Å². The number of hydrogen-bond acceptors (Lipinski definition) is 6. The second kappa shape index (κ2) is 6.35. The molecule has 2 fully saturated rings. The third kappa shape index (κ3) is 2.82. The van der Waals surface area contributed by atoms with Crippen LogP contribution in [0.5, 0.6) is 0 Å². The quantitative estimate of drug-likeness (QED) is 0.633. The molecule has 0 aromatic carbocycles. The molecule has 128 valence electrons. The summed E-state index contributed by atoms with van der Waals surface area (Å²) in [6.07, 6.45) is 7.99. The van der Waals surface area contributed by atoms with E-state index in [4.69, 9.17) is 0 Å². The Morgan fingerprint density at radius 1 is 1.08 bits per heavy atom. The number of anilines is 1. The average molecular weight is 330 g/mol. The Bertz CT molecular complexity index is 731. The van der Waals surface area contributed by atoms with Crippen LogP contribution in [0.3, 0.4) is 0 Å². The maximum Gasteiger partial charge on any atom is 0.368 e. The van der Waals surface area contributed by atoms with Crippen LogP contribution >= 0.6 is 0 Å². The first kappa shape index (κ1) is 15.3. The van der Waals surface area contributed by atoms with Crippen molar-refractivity contribution < 1.29 is 4.92 Å². The molecule has 8 nitrogen and oxygen atoms in total. The molecule has 0 bridgehead atoms. The molecule has 2 aromatic rings. The van der Waals surface area contributed by atoms with Gasteiger partial charge in [0.15, 0.2) is 5.82 Å². The van der Waals surface area contributed by atoms with Gasteiger partial charge in [0.2, 0.25) is 5.65 Å². The number of rotatable bonds is 3. The summed E-state index contributed by atoms with van der Waals surface area (Å²) < 4.78 is 1.32. The molecule has 0 N–H and O–H groups in total. The molecule has 24 heavy (non-hydrogen) atoms. The summed E-state index contributed by atoms with van der Waals surface area (Å²) in [5, 5.41) is 15.5. The predicted molar refractivity (Wildman–Crippen MR) is 90.3 cm³/mol. The Balaban J connectivity index is 1.48. The zero-order valence-electron chi connectivity index (χ0n) is 13.7. The van der Waals surface area contributed by atoms with Crippen molar-refractivity contribution in [2.24, 2.45) is 0 Å². The topological polar surface area (TPSA) is 79.8 Å². The van der Waals surface area contributed by atoms with Crippen molar-refractivity contribution in [3.63, 3.8) is 0 Å². The van der Waals surface area contributed by atoms with Crippen LogP contribution in [0.25, 0.3) is 5.65 Å². The van der Waals surface area contributed by atoms with E-state index in [-0.39, 0.29) is 5.82 Å². The number of nitro groups is 1. The summed E-state index contributed by atoms with van der Waals surface area (Å²) in [5.74, 6) is 0.694. The molecule has 4 rings (SSSR count). The summed E-state index contributed by atoms with van der Waals surface area (Å²) in [7, 11) is 0. The zero-order chi connectivity index (χ0) is 16.5. The fraction of sp³-hybridized carbons (Fsp3) is 0.625. The number of fused-ring (bicyclic) bond motifs is 1. The number of aromatic nitrogens is 3. The van der Waals surface area contributed by atoms with E-state index < -0.39 is 4.92 Å². The van der Waals surface area contributed by atoms with Crippen LogP contribution in [0, 0.1) is 10.1 Å². The Morgan fingerprint density at radius 2 is 1.83 bits per heavy atom. The fourth-order valence-electron chi connectivity index (χ4n) is 3.91. The highest BCUT2D eigenvalue weighted by atomic mass is 16.6. The predicted octanol–water partition coefficient (Wildman–Crippen LogP) is 2.09. The van der Waals surface area contributed by atoms with Crippen LogP contribution in [0.1, 0.15) is 32.1 Å². The highest BCUT2D eigenvalue weighted by Gasteiger charge is 2.26. The number of imidazole rings is 1. The van der Waals surface area contributed by atoms with E-state index in [0.29, 0.717) is 5.65 Å². The van der Waals surface area contributed by atoms with Gasteiger partial charge in [-0.2, -0.15) is 0 Å². The third-order valence-electron chi connectivity index (χ3n) is 5.25. The first-order valence-corrected chi connectivity index (χ1v) is 8.70. The van der Waals surface area contributed by atoms with E-state index in [1.807, 2.05) is 6.07 Å². The molecule has 1 aliphatic carbocycles. The van der Waals surface area contributed by atoms with Gasteiger partial charge in [0.25, 0.3) is 0 Å². The van der Waals surface area contributed by atoms with Crippen molar-refractivity contribution in [1.82, 2.24) is 19.5 Å². The summed E-state index contributed by atoms with van der Waals surface area (Å²) >= 11 is 0. The molecule has 0 radical (unpaired) electrons. The fourth-order valence-corrected chi connectivity index (χ4v) is 3.91. The molecule has 0 spiro atoms. The summed E-state index contributed by atoms with van der Waals surface area (Å²) in [5.41, 5.74) is 0.506. The molecule has 2 aromatic heterocycles. The van der Waals surface area contributed by atoms with Crippen LogP contribution in [0.4, 0.5) is 11.6 Å². The number of piperazine rings is 1. The van der Waals surface area contributed by atoms with Crippen molar-refractivity contribution in [3.05, 3.63) is 28.4 Å². The monoisotopic (exact) mass is 330 g/mol. The van der Waals surface area contributed by atoms with Gasteiger partial charge in [-0.25, -0.2) is 4.98 Å². The van der Waals surface area contributed by atoms with Gasteiger partial charge in [-0.15, -0.1) is 0 Å². The third-order valence-corrected chi connectivity index (χ3v) is 5.25. The van der Waals surface area contributed by atoms with Crippen LogP contribution < -0.4 is 4.90 Å². The summed E-state index contributed by atoms with van der Waals surface area (Å²) in [4.78, 5) is 19.5. The van der Waals surface area contributed by atoms with Gasteiger partial charge in [0.1, 0.15) is 6.20 Å². The lowest BCUT2D eigenvalue weighted by Gasteiger charge is -2.40. The van der Waals surface area contributed by atoms with Gasteiger partial charge in [0, 0.05) is 38.3 Å². The second-order valence-electron chi connectivity index (χ2n) is 6.65. The Morgan fingerprint density at radius 3 is 2.54 bits per heavy atom. The van der Waals surface area contributed by atoms with E-state index in [1.54, 1.807) is 6.07 Å². The summed E-state index contributed by atoms with van der Waals surface area (Å²) in [6, 6.07) is 4.44. The smallest absolute Gasteiger partial charge is 0.358 e. The van der Waals surface area contributed by atoms with Crippen LogP contribution in [-0.2, 0) is 0 Å². The first-order chi connectivity index (χ1) is 11.7. The number of hydrogen-bond donors (Lipinski definition) is 0. The molecule has 3 heterocycles. The van der Waals surface area contributed by atoms with Gasteiger partial charge in [-0.1, -0.05) is 28.9 Å². The zero-order valence-corrected chi connectivity index (χ0v) is 13.7. The second-order valence-corrected chi connectivity index (χ2v) is 6.65. The van der Waals surface area contributed by atoms with E-state index in [2.05, 4.69) is 19.9 Å². The van der Waals surface area contributed by atoms with Gasteiger partial charge < -0.3 is 15.0 Å². The Labute approximate surface area is 140 Å². The minimum atomic E-state index is -0.447. The molecule has 0 unspecified atom stereocenters. The molecule has 2 aliphatic rings. The van der Waals surface area contributed by atoms with Crippen LogP contribution in [0.15, 0.2) is 18.3 Å². The van der Waals surface area contributed by atoms with Crippen molar-refractivity contribution in [3.8, 4) is 0 Å². The van der Waals surface area contributed by atoms with Crippen LogP contribution in [-0.4, -0.2) is 56.6 Å². The van der Waals surface area contributed by atoms with E-state index in [1.165, 1.54) is 42.8 Å². The Hall–Kier alpha value is -2.22. The lowest BCUT2D eigenvalue weighted by molar-refractivity contribution is -0.391. The first-order valence-electron chi connectivity index (χ1n) is 8.70. The van der Waals surface area contributed by atoms with Crippen molar-refractivity contribution in [1.29, 1.82) is 0 Å². The molecule has 0 amide bonds. The normalized spacial score (nSPS) is 20.6. The number of nitrogens with zero attached hydrogens (tertiary/aromatic N) is 6. The molecule has 0 atom stereocenters. The molecule has 1 aliphatic heterocycles. The minimum absolute atomic E-state index is 0.0901. The largest absolute Gasteiger partial charge is 0.368 e. The van der Waals surface area contributed by atoms with E-state index >= 15 is 0 Å². The average Bonchev–Trinajstić information content (AvgIpc) is 3.06. The molecular formula is C16H22N6O2. The van der Waals surface area contributed by atoms with Gasteiger partial charge in [-0.3, -0.25) is 4.90 Å². The lowest BCUT2D eigenvalue weighted by atomic mass is 9.94. The Kier molecular flexibility index (Phi) is 4.05. The van der Waals surface area contributed by atoms with Crippen molar-refractivity contribution >= 4 is 17.3 Å². The molecule has 1 saturated carbocycles. The lowest BCUT2D eigenvalue weighted by Crippen LogP contribution is -2.51.